The number of hydrogen-bond donors (Lipinski definition) is 4. The van der Waals surface area contributed by atoms with Crippen LogP contribution in [0.3, 0.4) is 0 Å². The molecule has 0 aromatic heterocycles. The molecule has 1 saturated carbocycles. The van der Waals surface area contributed by atoms with E-state index in [0.29, 0.717) is 5.92 Å². The highest BCUT2D eigenvalue weighted by Gasteiger charge is 2.49. The molecule has 0 spiro atoms. The summed E-state index contributed by atoms with van der Waals surface area (Å²) < 4.78 is 0. The van der Waals surface area contributed by atoms with Crippen LogP contribution in [-0.4, -0.2) is 56.8 Å². The summed E-state index contributed by atoms with van der Waals surface area (Å²) in [5, 5.41) is 32.7. The Morgan fingerprint density at radius 2 is 1.72 bits per heavy atom. The highest BCUT2D eigenvalue weighted by atomic mass is 16.3. The Kier molecular flexibility index (Phi) is 11.9. The molecule has 4 N–H and O–H groups in total. The third-order valence-electron chi connectivity index (χ3n) is 7.15. The minimum absolute atomic E-state index is 0.0607. The Balaban J connectivity index is 0.000000352. The second-order valence-corrected chi connectivity index (χ2v) is 9.69. The Morgan fingerprint density at radius 1 is 1.03 bits per heavy atom. The molecule has 3 rings (SSSR count). The van der Waals surface area contributed by atoms with Crippen molar-refractivity contribution in [3.8, 4) is 11.5 Å². The minimum Gasteiger partial charge on any atom is -0.504 e. The Morgan fingerprint density at radius 3 is 2.33 bits per heavy atom. The van der Waals surface area contributed by atoms with Gasteiger partial charge in [0.25, 0.3) is 0 Å². The number of nitrogens with zero attached hydrogens (tertiary/aromatic N) is 1. The Hall–Kier alpha value is -2.90. The first-order valence-electron chi connectivity index (χ1n) is 12.9. The summed E-state index contributed by atoms with van der Waals surface area (Å²) in [6.45, 7) is 12.5. The number of likely N-dealkylation sites (tertiary alicyclic amines) is 1. The summed E-state index contributed by atoms with van der Waals surface area (Å²) in [7, 11) is 0. The highest BCUT2D eigenvalue weighted by Crippen LogP contribution is 2.44. The molecule has 2 fully saturated rings. The quantitative estimate of drug-likeness (QED) is 0.281. The van der Waals surface area contributed by atoms with Crippen molar-refractivity contribution >= 4 is 11.8 Å². The van der Waals surface area contributed by atoms with E-state index in [1.54, 1.807) is 12.1 Å². The number of nitrogens with one attached hydrogen (secondary N) is 1. The standard InChI is InChI=1S/C21H31NO3.C8H11NO2/c1-2-13-22-14-11-17-7-3-4-12-21(17,25)20(22)8-5-6-16-9-10-18(23)19(24)15-16;1-3-5-7(10)9-8(11)6-4-2/h2,9-10,15,17,20,23-25H,1,3-8,11-14H2;3-4H,1-2,5-6H2,(H,9,10,11)/t17?,20-,21?;/m1./s1. The SMILES string of the molecule is C=CCC(=O)NC(=O)CC=C.C=CCN1CCC2CCCCC2(O)[C@H]1CCCc1ccc(O)c(O)c1. The summed E-state index contributed by atoms with van der Waals surface area (Å²) in [6, 6.07) is 5.22. The Labute approximate surface area is 215 Å². The average molecular weight is 499 g/mol. The van der Waals surface area contributed by atoms with Gasteiger partial charge in [0.2, 0.25) is 11.8 Å². The van der Waals surface area contributed by atoms with E-state index in [1.807, 2.05) is 12.1 Å². The molecule has 1 aliphatic heterocycles. The van der Waals surface area contributed by atoms with Crippen LogP contribution in [0.25, 0.3) is 0 Å². The van der Waals surface area contributed by atoms with Gasteiger partial charge >= 0.3 is 0 Å². The van der Waals surface area contributed by atoms with Crippen LogP contribution >= 0.6 is 0 Å². The number of carbonyl (C=O) groups is 2. The highest BCUT2D eigenvalue weighted by molar-refractivity contribution is 5.96. The number of hydrogen-bond acceptors (Lipinski definition) is 6. The monoisotopic (exact) mass is 498 g/mol. The van der Waals surface area contributed by atoms with Crippen molar-refractivity contribution < 1.29 is 24.9 Å². The molecule has 1 aromatic carbocycles. The fourth-order valence-electron chi connectivity index (χ4n) is 5.44. The topological polar surface area (TPSA) is 110 Å². The smallest absolute Gasteiger partial charge is 0.230 e. The molecule has 198 valence electrons. The number of fused-ring (bicyclic) bond motifs is 1. The predicted molar refractivity (Wildman–Crippen MR) is 143 cm³/mol. The molecular formula is C29H42N2O5. The maximum Gasteiger partial charge on any atom is 0.230 e. The molecule has 2 amide bonds. The van der Waals surface area contributed by atoms with Crippen LogP contribution in [-0.2, 0) is 16.0 Å². The van der Waals surface area contributed by atoms with Crippen LogP contribution < -0.4 is 5.32 Å². The third kappa shape index (κ3) is 8.35. The minimum atomic E-state index is -0.559. The molecule has 3 atom stereocenters. The van der Waals surface area contributed by atoms with Crippen LogP contribution in [0.2, 0.25) is 0 Å². The Bertz CT molecular complexity index is 895. The molecule has 36 heavy (non-hydrogen) atoms. The van der Waals surface area contributed by atoms with Gasteiger partial charge in [-0.05, 0) is 68.7 Å². The summed E-state index contributed by atoms with van der Waals surface area (Å²) in [6.07, 6.45) is 13.4. The average Bonchev–Trinajstić information content (AvgIpc) is 2.83. The first-order valence-corrected chi connectivity index (χ1v) is 12.9. The zero-order valence-corrected chi connectivity index (χ0v) is 21.3. The number of imide groups is 1. The molecule has 2 aliphatic rings. The van der Waals surface area contributed by atoms with E-state index in [1.165, 1.54) is 18.6 Å². The molecule has 1 heterocycles. The normalized spacial score (nSPS) is 23.4. The van der Waals surface area contributed by atoms with Crippen molar-refractivity contribution in [3.63, 3.8) is 0 Å². The lowest BCUT2D eigenvalue weighted by molar-refractivity contribution is -0.140. The molecule has 1 aliphatic carbocycles. The van der Waals surface area contributed by atoms with Gasteiger partial charge in [-0.1, -0.05) is 37.1 Å². The molecule has 0 bridgehead atoms. The number of piperidine rings is 1. The number of carbonyl (C=O) groups excluding carboxylic acids is 2. The summed E-state index contributed by atoms with van der Waals surface area (Å²) >= 11 is 0. The molecule has 0 radical (unpaired) electrons. The number of aliphatic hydroxyl groups is 1. The van der Waals surface area contributed by atoms with Gasteiger partial charge in [-0.25, -0.2) is 0 Å². The van der Waals surface area contributed by atoms with Gasteiger partial charge < -0.3 is 15.3 Å². The lowest BCUT2D eigenvalue weighted by atomic mass is 9.66. The molecule has 7 heteroatoms. The number of benzene rings is 1. The van der Waals surface area contributed by atoms with E-state index in [9.17, 15) is 24.9 Å². The van der Waals surface area contributed by atoms with E-state index < -0.39 is 5.60 Å². The van der Waals surface area contributed by atoms with Crippen molar-refractivity contribution in [2.45, 2.75) is 75.9 Å². The number of phenolic OH excluding ortho intramolecular Hbond substituents is 2. The first kappa shape index (κ1) is 29.3. The molecular weight excluding hydrogens is 456 g/mol. The number of rotatable bonds is 10. The van der Waals surface area contributed by atoms with Crippen LogP contribution in [0.1, 0.15) is 63.4 Å². The number of phenols is 2. The lowest BCUT2D eigenvalue weighted by Gasteiger charge is -2.53. The van der Waals surface area contributed by atoms with Crippen molar-refractivity contribution in [1.82, 2.24) is 10.2 Å². The first-order chi connectivity index (χ1) is 17.2. The zero-order valence-electron chi connectivity index (χ0n) is 21.3. The van der Waals surface area contributed by atoms with E-state index in [0.717, 1.165) is 63.6 Å². The largest absolute Gasteiger partial charge is 0.504 e. The fraction of sp³-hybridized carbons (Fsp3) is 0.517. The van der Waals surface area contributed by atoms with Gasteiger partial charge in [-0.2, -0.15) is 0 Å². The van der Waals surface area contributed by atoms with Gasteiger partial charge in [0.05, 0.1) is 5.60 Å². The van der Waals surface area contributed by atoms with E-state index in [4.69, 9.17) is 0 Å². The van der Waals surface area contributed by atoms with E-state index in [-0.39, 0.29) is 42.2 Å². The summed E-state index contributed by atoms with van der Waals surface area (Å²) in [5.74, 6) is -0.356. The van der Waals surface area contributed by atoms with Gasteiger partial charge in [-0.15, -0.1) is 19.7 Å². The molecule has 7 nitrogen and oxygen atoms in total. The predicted octanol–water partition coefficient (Wildman–Crippen LogP) is 4.38. The third-order valence-corrected chi connectivity index (χ3v) is 7.15. The van der Waals surface area contributed by atoms with Crippen molar-refractivity contribution in [2.24, 2.45) is 5.92 Å². The van der Waals surface area contributed by atoms with E-state index >= 15 is 0 Å². The van der Waals surface area contributed by atoms with Crippen molar-refractivity contribution in [3.05, 3.63) is 61.7 Å². The lowest BCUT2D eigenvalue weighted by Crippen LogP contribution is -2.62. The maximum absolute atomic E-state index is 11.5. The van der Waals surface area contributed by atoms with Crippen molar-refractivity contribution in [2.75, 3.05) is 13.1 Å². The fourth-order valence-corrected chi connectivity index (χ4v) is 5.44. The van der Waals surface area contributed by atoms with Crippen LogP contribution in [0, 0.1) is 5.92 Å². The summed E-state index contributed by atoms with van der Waals surface area (Å²) in [4.78, 5) is 23.8. The van der Waals surface area contributed by atoms with Gasteiger partial charge in [-0.3, -0.25) is 19.8 Å². The number of aryl methyl sites for hydroxylation is 1. The molecule has 1 aromatic rings. The zero-order chi connectivity index (χ0) is 26.6. The van der Waals surface area contributed by atoms with Gasteiger partial charge in [0, 0.05) is 25.4 Å². The second-order valence-electron chi connectivity index (χ2n) is 9.69. The number of amides is 2. The maximum atomic E-state index is 11.5. The number of aromatic hydroxyl groups is 2. The van der Waals surface area contributed by atoms with Crippen LogP contribution in [0.15, 0.2) is 56.2 Å². The summed E-state index contributed by atoms with van der Waals surface area (Å²) in [5.41, 5.74) is 0.463. The van der Waals surface area contributed by atoms with Gasteiger partial charge in [0.1, 0.15) is 0 Å². The molecule has 2 unspecified atom stereocenters. The van der Waals surface area contributed by atoms with Crippen molar-refractivity contribution in [1.29, 1.82) is 0 Å². The van der Waals surface area contributed by atoms with Gasteiger partial charge in [0.15, 0.2) is 11.5 Å². The van der Waals surface area contributed by atoms with Crippen LogP contribution in [0.4, 0.5) is 0 Å². The van der Waals surface area contributed by atoms with E-state index in [2.05, 4.69) is 30.0 Å². The van der Waals surface area contributed by atoms with Crippen LogP contribution in [0.5, 0.6) is 11.5 Å². The second kappa shape index (κ2) is 14.6. The molecule has 1 saturated heterocycles.